The van der Waals surface area contributed by atoms with Gasteiger partial charge in [-0.1, -0.05) is 6.92 Å². The first-order chi connectivity index (χ1) is 9.67. The maximum Gasteiger partial charge on any atom is 0.170 e. The topological polar surface area (TPSA) is 33.3 Å². The third-order valence-corrected chi connectivity index (χ3v) is 3.93. The molecule has 1 atom stereocenters. The van der Waals surface area contributed by atoms with Crippen LogP contribution >= 0.6 is 12.2 Å². The fourth-order valence-electron chi connectivity index (χ4n) is 2.31. The Kier molecular flexibility index (Phi) is 5.65. The van der Waals surface area contributed by atoms with Gasteiger partial charge in [0.25, 0.3) is 0 Å². The van der Waals surface area contributed by atoms with E-state index < -0.39 is 0 Å². The first-order valence-electron chi connectivity index (χ1n) is 7.51. The molecule has 2 N–H and O–H groups in total. The van der Waals surface area contributed by atoms with Gasteiger partial charge in [-0.25, -0.2) is 0 Å². The molecule has 3 nitrogen and oxygen atoms in total. The van der Waals surface area contributed by atoms with Crippen LogP contribution in [0.15, 0.2) is 24.3 Å². The smallest absolute Gasteiger partial charge is 0.170 e. The summed E-state index contributed by atoms with van der Waals surface area (Å²) in [7, 11) is 0. The molecule has 0 heterocycles. The molecule has 2 rings (SSSR count). The average Bonchev–Trinajstić information content (AvgIpc) is 2.93. The van der Waals surface area contributed by atoms with Crippen LogP contribution in [0.1, 0.15) is 46.0 Å². The quantitative estimate of drug-likeness (QED) is 0.801. The maximum absolute atomic E-state index is 5.94. The lowest BCUT2D eigenvalue weighted by atomic mass is 10.2. The second kappa shape index (κ2) is 7.48. The van der Waals surface area contributed by atoms with E-state index in [4.69, 9.17) is 17.0 Å². The highest BCUT2D eigenvalue weighted by Gasteiger charge is 2.16. The third-order valence-electron chi connectivity index (χ3n) is 3.71. The lowest BCUT2D eigenvalue weighted by molar-refractivity contribution is 0.210. The van der Waals surface area contributed by atoms with E-state index in [1.165, 1.54) is 25.7 Å². The molecule has 0 unspecified atom stereocenters. The summed E-state index contributed by atoms with van der Waals surface area (Å²) >= 11 is 5.27. The second-order valence-corrected chi connectivity index (χ2v) is 5.86. The van der Waals surface area contributed by atoms with E-state index >= 15 is 0 Å². The van der Waals surface area contributed by atoms with Crippen molar-refractivity contribution in [3.05, 3.63) is 24.3 Å². The van der Waals surface area contributed by atoms with Crippen LogP contribution in [0.4, 0.5) is 5.69 Å². The zero-order valence-corrected chi connectivity index (χ0v) is 13.1. The second-order valence-electron chi connectivity index (χ2n) is 5.46. The molecule has 1 saturated carbocycles. The van der Waals surface area contributed by atoms with Gasteiger partial charge >= 0.3 is 0 Å². The maximum atomic E-state index is 5.94. The Labute approximate surface area is 127 Å². The summed E-state index contributed by atoms with van der Waals surface area (Å²) in [6.07, 6.45) is 6.41. The number of anilines is 1. The van der Waals surface area contributed by atoms with Gasteiger partial charge in [-0.15, -0.1) is 0 Å². The summed E-state index contributed by atoms with van der Waals surface area (Å²) in [5.41, 5.74) is 0.990. The van der Waals surface area contributed by atoms with E-state index in [1.807, 2.05) is 24.3 Å². The van der Waals surface area contributed by atoms with Crippen LogP contribution in [0.25, 0.3) is 0 Å². The van der Waals surface area contributed by atoms with E-state index in [1.54, 1.807) is 0 Å². The van der Waals surface area contributed by atoms with Gasteiger partial charge < -0.3 is 15.4 Å². The monoisotopic (exact) mass is 292 g/mol. The van der Waals surface area contributed by atoms with E-state index in [2.05, 4.69) is 24.5 Å². The Bertz CT molecular complexity index is 427. The highest BCUT2D eigenvalue weighted by molar-refractivity contribution is 7.80. The number of hydrogen-bond donors (Lipinski definition) is 2. The Hall–Kier alpha value is -1.29. The molecule has 0 saturated heterocycles. The van der Waals surface area contributed by atoms with Crippen LogP contribution < -0.4 is 15.4 Å². The SMILES string of the molecule is CC[C@H](C)NC(=S)Nc1ccc(OC2CCCC2)cc1. The lowest BCUT2D eigenvalue weighted by Gasteiger charge is -2.16. The Balaban J connectivity index is 1.83. The normalized spacial score (nSPS) is 16.7. The number of rotatable bonds is 5. The molecule has 0 spiro atoms. The molecule has 0 bridgehead atoms. The highest BCUT2D eigenvalue weighted by Crippen LogP contribution is 2.24. The van der Waals surface area contributed by atoms with E-state index in [0.717, 1.165) is 17.9 Å². The van der Waals surface area contributed by atoms with Gasteiger partial charge in [0.15, 0.2) is 5.11 Å². The number of hydrogen-bond acceptors (Lipinski definition) is 2. The molecule has 1 aliphatic rings. The first kappa shape index (κ1) is 15.1. The Morgan fingerprint density at radius 2 is 1.95 bits per heavy atom. The van der Waals surface area contributed by atoms with Crippen LogP contribution in [0, 0.1) is 0 Å². The Morgan fingerprint density at radius 1 is 1.30 bits per heavy atom. The molecule has 0 amide bonds. The molecule has 1 aliphatic carbocycles. The first-order valence-corrected chi connectivity index (χ1v) is 7.92. The van der Waals surface area contributed by atoms with Gasteiger partial charge in [-0.05, 0) is 75.5 Å². The van der Waals surface area contributed by atoms with Crippen molar-refractivity contribution < 1.29 is 4.74 Å². The van der Waals surface area contributed by atoms with Crippen molar-refractivity contribution in [2.45, 2.75) is 58.1 Å². The summed E-state index contributed by atoms with van der Waals surface area (Å²) in [5, 5.41) is 7.10. The van der Waals surface area contributed by atoms with Gasteiger partial charge in [0, 0.05) is 11.7 Å². The van der Waals surface area contributed by atoms with Crippen molar-refractivity contribution in [3.63, 3.8) is 0 Å². The minimum absolute atomic E-state index is 0.389. The summed E-state index contributed by atoms with van der Waals surface area (Å²) < 4.78 is 5.94. The van der Waals surface area contributed by atoms with E-state index in [-0.39, 0.29) is 0 Å². The summed E-state index contributed by atoms with van der Waals surface area (Å²) in [6.45, 7) is 4.25. The van der Waals surface area contributed by atoms with Gasteiger partial charge in [0.05, 0.1) is 6.10 Å². The van der Waals surface area contributed by atoms with Crippen LogP contribution in [0.2, 0.25) is 0 Å². The molecule has 4 heteroatoms. The third kappa shape index (κ3) is 4.67. The standard InChI is InChI=1S/C16H24N2OS/c1-3-12(2)17-16(20)18-13-8-10-15(11-9-13)19-14-6-4-5-7-14/h8-12,14H,3-7H2,1-2H3,(H2,17,18,20)/t12-/m0/s1. The molecule has 1 aromatic rings. The summed E-state index contributed by atoms with van der Waals surface area (Å²) in [6, 6.07) is 8.42. The van der Waals surface area contributed by atoms with Gasteiger partial charge in [0.1, 0.15) is 5.75 Å². The van der Waals surface area contributed by atoms with Crippen molar-refractivity contribution in [1.82, 2.24) is 5.32 Å². The van der Waals surface area contributed by atoms with Crippen molar-refractivity contribution in [3.8, 4) is 5.75 Å². The minimum Gasteiger partial charge on any atom is -0.490 e. The molecular formula is C16H24N2OS. The number of thiocarbonyl (C=S) groups is 1. The fourth-order valence-corrected chi connectivity index (χ4v) is 2.63. The van der Waals surface area contributed by atoms with Crippen molar-refractivity contribution in [2.75, 3.05) is 5.32 Å². The molecule has 0 aliphatic heterocycles. The van der Waals surface area contributed by atoms with E-state index in [9.17, 15) is 0 Å². The van der Waals surface area contributed by atoms with Crippen LogP contribution in [-0.4, -0.2) is 17.3 Å². The minimum atomic E-state index is 0.389. The van der Waals surface area contributed by atoms with Crippen LogP contribution in [-0.2, 0) is 0 Å². The molecule has 0 radical (unpaired) electrons. The Morgan fingerprint density at radius 3 is 2.55 bits per heavy atom. The van der Waals surface area contributed by atoms with Crippen LogP contribution in [0.5, 0.6) is 5.75 Å². The molecule has 20 heavy (non-hydrogen) atoms. The number of benzene rings is 1. The highest BCUT2D eigenvalue weighted by atomic mass is 32.1. The predicted octanol–water partition coefficient (Wildman–Crippen LogP) is 4.09. The summed E-state index contributed by atoms with van der Waals surface area (Å²) in [5.74, 6) is 0.947. The predicted molar refractivity (Wildman–Crippen MR) is 88.4 cm³/mol. The van der Waals surface area contributed by atoms with E-state index in [0.29, 0.717) is 17.3 Å². The molecule has 0 aromatic heterocycles. The zero-order chi connectivity index (χ0) is 14.4. The van der Waals surface area contributed by atoms with Crippen molar-refractivity contribution in [1.29, 1.82) is 0 Å². The molecular weight excluding hydrogens is 268 g/mol. The largest absolute Gasteiger partial charge is 0.490 e. The number of ether oxygens (including phenoxy) is 1. The summed E-state index contributed by atoms with van der Waals surface area (Å²) in [4.78, 5) is 0. The van der Waals surface area contributed by atoms with Gasteiger partial charge in [-0.3, -0.25) is 0 Å². The van der Waals surface area contributed by atoms with Crippen LogP contribution in [0.3, 0.4) is 0 Å². The van der Waals surface area contributed by atoms with Gasteiger partial charge in [0.2, 0.25) is 0 Å². The van der Waals surface area contributed by atoms with Crippen molar-refractivity contribution in [2.24, 2.45) is 0 Å². The van der Waals surface area contributed by atoms with Gasteiger partial charge in [-0.2, -0.15) is 0 Å². The fraction of sp³-hybridized carbons (Fsp3) is 0.562. The number of nitrogens with one attached hydrogen (secondary N) is 2. The lowest BCUT2D eigenvalue weighted by Crippen LogP contribution is -2.35. The molecule has 1 fully saturated rings. The zero-order valence-electron chi connectivity index (χ0n) is 12.3. The molecule has 1 aromatic carbocycles. The van der Waals surface area contributed by atoms with Crippen molar-refractivity contribution >= 4 is 23.0 Å². The molecule has 110 valence electrons. The average molecular weight is 292 g/mol.